The molecule has 0 aliphatic heterocycles. The highest BCUT2D eigenvalue weighted by Crippen LogP contribution is 2.29. The SMILES string of the molecule is O=C(N/N=C/c1cccc(OC(=O)c2ccc(Cl)cc2)c1)C(=O)Nc1cccc(Cl)c1Cl. The molecule has 0 spiro atoms. The minimum Gasteiger partial charge on any atom is -0.423 e. The molecule has 0 radical (unpaired) electrons. The van der Waals surface area contributed by atoms with Crippen LogP contribution in [0.2, 0.25) is 15.1 Å². The van der Waals surface area contributed by atoms with Crippen LogP contribution in [0.5, 0.6) is 5.75 Å². The largest absolute Gasteiger partial charge is 0.423 e. The molecule has 2 amide bonds. The Morgan fingerprint density at radius 1 is 0.875 bits per heavy atom. The van der Waals surface area contributed by atoms with Crippen molar-refractivity contribution in [2.24, 2.45) is 5.10 Å². The fourth-order valence-corrected chi connectivity index (χ4v) is 2.88. The van der Waals surface area contributed by atoms with Crippen LogP contribution in [0.25, 0.3) is 0 Å². The molecule has 0 aliphatic rings. The molecule has 0 aromatic heterocycles. The average Bonchev–Trinajstić information content (AvgIpc) is 2.77. The van der Waals surface area contributed by atoms with Crippen molar-refractivity contribution in [1.29, 1.82) is 0 Å². The number of carbonyl (C=O) groups excluding carboxylic acids is 3. The van der Waals surface area contributed by atoms with E-state index >= 15 is 0 Å². The lowest BCUT2D eigenvalue weighted by Gasteiger charge is -2.07. The zero-order chi connectivity index (χ0) is 23.1. The van der Waals surface area contributed by atoms with E-state index in [1.165, 1.54) is 18.3 Å². The number of nitrogens with zero attached hydrogens (tertiary/aromatic N) is 1. The van der Waals surface area contributed by atoms with Gasteiger partial charge in [-0.15, -0.1) is 0 Å². The zero-order valence-corrected chi connectivity index (χ0v) is 18.4. The highest BCUT2D eigenvalue weighted by Gasteiger charge is 2.15. The van der Waals surface area contributed by atoms with E-state index in [4.69, 9.17) is 39.5 Å². The van der Waals surface area contributed by atoms with Gasteiger partial charge in [-0.25, -0.2) is 10.2 Å². The Balaban J connectivity index is 1.57. The third-order valence-electron chi connectivity index (χ3n) is 3.93. The Hall–Kier alpha value is -3.39. The summed E-state index contributed by atoms with van der Waals surface area (Å²) in [5.74, 6) is -2.27. The first-order valence-corrected chi connectivity index (χ1v) is 10.1. The van der Waals surface area contributed by atoms with E-state index in [1.54, 1.807) is 54.6 Å². The van der Waals surface area contributed by atoms with Gasteiger partial charge in [0.15, 0.2) is 0 Å². The Kier molecular flexibility index (Phi) is 7.83. The topological polar surface area (TPSA) is 96.9 Å². The molecule has 0 heterocycles. The Labute approximate surface area is 197 Å². The quantitative estimate of drug-likeness (QED) is 0.174. The number of ether oxygens (including phenoxy) is 1. The van der Waals surface area contributed by atoms with Gasteiger partial charge in [0.05, 0.1) is 27.5 Å². The van der Waals surface area contributed by atoms with Crippen LogP contribution in [-0.4, -0.2) is 24.0 Å². The number of hydrogen-bond acceptors (Lipinski definition) is 5. The number of benzene rings is 3. The molecule has 2 N–H and O–H groups in total. The maximum absolute atomic E-state index is 12.2. The number of anilines is 1. The van der Waals surface area contributed by atoms with Gasteiger partial charge in [-0.2, -0.15) is 5.10 Å². The lowest BCUT2D eigenvalue weighted by Crippen LogP contribution is -2.32. The average molecular weight is 491 g/mol. The van der Waals surface area contributed by atoms with E-state index in [1.807, 2.05) is 0 Å². The van der Waals surface area contributed by atoms with Crippen molar-refractivity contribution in [3.63, 3.8) is 0 Å². The molecule has 0 saturated carbocycles. The minimum absolute atomic E-state index is 0.115. The molecule has 3 aromatic rings. The number of halogens is 3. The number of hydrazone groups is 1. The van der Waals surface area contributed by atoms with Gasteiger partial charge < -0.3 is 10.1 Å². The van der Waals surface area contributed by atoms with E-state index in [2.05, 4.69) is 15.8 Å². The predicted octanol–water partition coefficient (Wildman–Crippen LogP) is 4.95. The molecule has 0 saturated heterocycles. The standard InChI is InChI=1S/C22H14Cl3N3O4/c23-15-9-7-14(8-10-15)22(31)32-16-4-1-3-13(11-16)12-26-28-21(30)20(29)27-18-6-2-5-17(24)19(18)25/h1-12H,(H,27,29)(H,28,30)/b26-12+. The Bertz CT molecular complexity index is 1200. The van der Waals surface area contributed by atoms with Crippen molar-refractivity contribution in [3.05, 3.63) is 92.9 Å². The summed E-state index contributed by atoms with van der Waals surface area (Å²) in [5, 5.41) is 6.93. The van der Waals surface area contributed by atoms with E-state index in [-0.39, 0.29) is 21.5 Å². The van der Waals surface area contributed by atoms with Crippen LogP contribution >= 0.6 is 34.8 Å². The van der Waals surface area contributed by atoms with Gasteiger partial charge in [0, 0.05) is 5.02 Å². The third-order valence-corrected chi connectivity index (χ3v) is 5.01. The molecular formula is C22H14Cl3N3O4. The maximum atomic E-state index is 12.2. The molecule has 32 heavy (non-hydrogen) atoms. The van der Waals surface area contributed by atoms with Crippen molar-refractivity contribution < 1.29 is 19.1 Å². The molecule has 0 aliphatic carbocycles. The molecule has 0 bridgehead atoms. The molecule has 7 nitrogen and oxygen atoms in total. The second-order valence-corrected chi connectivity index (χ2v) is 7.45. The van der Waals surface area contributed by atoms with Crippen LogP contribution in [0.15, 0.2) is 71.8 Å². The number of esters is 1. The van der Waals surface area contributed by atoms with Crippen LogP contribution < -0.4 is 15.5 Å². The molecule has 10 heteroatoms. The highest BCUT2D eigenvalue weighted by atomic mass is 35.5. The smallest absolute Gasteiger partial charge is 0.343 e. The molecule has 0 fully saturated rings. The summed E-state index contributed by atoms with van der Waals surface area (Å²) in [6.45, 7) is 0. The van der Waals surface area contributed by atoms with Crippen molar-refractivity contribution >= 4 is 64.5 Å². The van der Waals surface area contributed by atoms with Gasteiger partial charge in [0.25, 0.3) is 0 Å². The van der Waals surface area contributed by atoms with Crippen LogP contribution in [-0.2, 0) is 9.59 Å². The Morgan fingerprint density at radius 2 is 1.59 bits per heavy atom. The summed E-state index contributed by atoms with van der Waals surface area (Å²) in [6.07, 6.45) is 1.29. The number of rotatable bonds is 5. The number of nitrogens with one attached hydrogen (secondary N) is 2. The van der Waals surface area contributed by atoms with Crippen LogP contribution in [0.4, 0.5) is 5.69 Å². The molecule has 3 rings (SSSR count). The summed E-state index contributed by atoms with van der Waals surface area (Å²) < 4.78 is 5.32. The normalized spacial score (nSPS) is 10.6. The van der Waals surface area contributed by atoms with Crippen LogP contribution in [0.1, 0.15) is 15.9 Å². The van der Waals surface area contributed by atoms with Gasteiger partial charge >= 0.3 is 17.8 Å². The lowest BCUT2D eigenvalue weighted by atomic mass is 10.2. The zero-order valence-electron chi connectivity index (χ0n) is 16.1. The van der Waals surface area contributed by atoms with Crippen LogP contribution in [0.3, 0.4) is 0 Å². The minimum atomic E-state index is -1.01. The molecule has 0 unspecified atom stereocenters. The summed E-state index contributed by atoms with van der Waals surface area (Å²) in [7, 11) is 0. The van der Waals surface area contributed by atoms with Gasteiger partial charge in [-0.1, -0.05) is 53.0 Å². The number of amides is 2. The predicted molar refractivity (Wildman–Crippen MR) is 124 cm³/mol. The lowest BCUT2D eigenvalue weighted by molar-refractivity contribution is -0.136. The van der Waals surface area contributed by atoms with Crippen molar-refractivity contribution in [3.8, 4) is 5.75 Å². The second-order valence-electron chi connectivity index (χ2n) is 6.22. The highest BCUT2D eigenvalue weighted by molar-refractivity contribution is 6.45. The first-order chi connectivity index (χ1) is 15.3. The number of carbonyl (C=O) groups is 3. The van der Waals surface area contributed by atoms with Gasteiger partial charge in [0.2, 0.25) is 0 Å². The van der Waals surface area contributed by atoms with Gasteiger partial charge in [-0.05, 0) is 54.1 Å². The van der Waals surface area contributed by atoms with Gasteiger partial charge in [0.1, 0.15) is 5.75 Å². The van der Waals surface area contributed by atoms with E-state index in [0.717, 1.165) is 0 Å². The molecular weight excluding hydrogens is 477 g/mol. The van der Waals surface area contributed by atoms with E-state index in [0.29, 0.717) is 16.1 Å². The maximum Gasteiger partial charge on any atom is 0.343 e. The number of hydrogen-bond donors (Lipinski definition) is 2. The fraction of sp³-hybridized carbons (Fsp3) is 0. The van der Waals surface area contributed by atoms with E-state index in [9.17, 15) is 14.4 Å². The second kappa shape index (κ2) is 10.8. The van der Waals surface area contributed by atoms with Crippen molar-refractivity contribution in [2.45, 2.75) is 0 Å². The van der Waals surface area contributed by atoms with Crippen molar-refractivity contribution in [1.82, 2.24) is 5.43 Å². The summed E-state index contributed by atoms with van der Waals surface area (Å²) in [5.41, 5.74) is 3.15. The van der Waals surface area contributed by atoms with E-state index < -0.39 is 17.8 Å². The first kappa shape index (κ1) is 23.3. The summed E-state index contributed by atoms with van der Waals surface area (Å²) in [4.78, 5) is 36.1. The van der Waals surface area contributed by atoms with Crippen LogP contribution in [0, 0.1) is 0 Å². The molecule has 3 aromatic carbocycles. The van der Waals surface area contributed by atoms with Gasteiger partial charge in [-0.3, -0.25) is 9.59 Å². The first-order valence-electron chi connectivity index (χ1n) is 8.99. The summed E-state index contributed by atoms with van der Waals surface area (Å²) >= 11 is 17.7. The summed E-state index contributed by atoms with van der Waals surface area (Å²) in [6, 6.07) is 17.3. The fourth-order valence-electron chi connectivity index (χ4n) is 2.41. The monoisotopic (exact) mass is 489 g/mol. The third kappa shape index (κ3) is 6.31. The molecule has 0 atom stereocenters. The molecule has 162 valence electrons. The van der Waals surface area contributed by atoms with Crippen molar-refractivity contribution in [2.75, 3.05) is 5.32 Å². The Morgan fingerprint density at radius 3 is 2.34 bits per heavy atom.